The number of aromatic hydroxyl groups is 1. The molecule has 0 aromatic heterocycles. The van der Waals surface area contributed by atoms with Crippen LogP contribution in [0.2, 0.25) is 0 Å². The van der Waals surface area contributed by atoms with E-state index in [0.29, 0.717) is 18.1 Å². The van der Waals surface area contributed by atoms with Crippen molar-refractivity contribution in [3.8, 4) is 11.5 Å². The Kier molecular flexibility index (Phi) is 6.77. The summed E-state index contributed by atoms with van der Waals surface area (Å²) in [4.78, 5) is 11.7. The molecular formula is C17H18O6S. The minimum Gasteiger partial charge on any atom is -0.507 e. The summed E-state index contributed by atoms with van der Waals surface area (Å²) >= 11 is 0. The summed E-state index contributed by atoms with van der Waals surface area (Å²) in [6, 6.07) is 13.2. The summed E-state index contributed by atoms with van der Waals surface area (Å²) in [5.74, 6) is -0.805. The van der Waals surface area contributed by atoms with Gasteiger partial charge in [-0.2, -0.15) is 0 Å². The molecule has 0 aliphatic carbocycles. The van der Waals surface area contributed by atoms with Gasteiger partial charge in [-0.3, -0.25) is 4.21 Å². The number of carbonyl (C=O) groups is 1. The van der Waals surface area contributed by atoms with Crippen molar-refractivity contribution >= 4 is 16.8 Å². The predicted molar refractivity (Wildman–Crippen MR) is 89.1 cm³/mol. The van der Waals surface area contributed by atoms with Crippen LogP contribution in [0.25, 0.3) is 0 Å². The van der Waals surface area contributed by atoms with Crippen LogP contribution < -0.4 is 4.74 Å². The van der Waals surface area contributed by atoms with Gasteiger partial charge in [-0.15, -0.1) is 0 Å². The molecule has 7 heteroatoms. The first-order valence-electron chi connectivity index (χ1n) is 7.28. The minimum atomic E-state index is -1.22. The summed E-state index contributed by atoms with van der Waals surface area (Å²) in [5, 5.41) is 18.3. The number of benzene rings is 2. The number of aromatic carboxylic acids is 1. The summed E-state index contributed by atoms with van der Waals surface area (Å²) < 4.78 is 22.7. The summed E-state index contributed by atoms with van der Waals surface area (Å²) in [6.07, 6.45) is 0. The van der Waals surface area contributed by atoms with Crippen molar-refractivity contribution < 1.29 is 28.7 Å². The Bertz CT molecular complexity index is 701. The average Bonchev–Trinajstić information content (AvgIpc) is 2.59. The number of hydrogen-bond acceptors (Lipinski definition) is 5. The first-order chi connectivity index (χ1) is 11.6. The Morgan fingerprint density at radius 1 is 1.04 bits per heavy atom. The quantitative estimate of drug-likeness (QED) is 0.674. The molecule has 0 fully saturated rings. The highest BCUT2D eigenvalue weighted by Gasteiger charge is 2.10. The van der Waals surface area contributed by atoms with Crippen LogP contribution >= 0.6 is 0 Å². The number of ether oxygens (including phenoxy) is 2. The van der Waals surface area contributed by atoms with Crippen LogP contribution in [0.15, 0.2) is 53.4 Å². The van der Waals surface area contributed by atoms with Crippen molar-refractivity contribution in [2.75, 3.05) is 25.6 Å². The van der Waals surface area contributed by atoms with Crippen LogP contribution in [0.4, 0.5) is 0 Å². The lowest BCUT2D eigenvalue weighted by Gasteiger charge is -2.08. The second kappa shape index (κ2) is 9.05. The van der Waals surface area contributed by atoms with Crippen molar-refractivity contribution in [1.29, 1.82) is 0 Å². The fourth-order valence-corrected chi connectivity index (χ4v) is 2.89. The lowest BCUT2D eigenvalue weighted by Crippen LogP contribution is -2.12. The van der Waals surface area contributed by atoms with Gasteiger partial charge in [-0.05, 0) is 30.3 Å². The highest BCUT2D eigenvalue weighted by Crippen LogP contribution is 2.22. The van der Waals surface area contributed by atoms with Gasteiger partial charge >= 0.3 is 5.97 Å². The van der Waals surface area contributed by atoms with Gasteiger partial charge in [-0.1, -0.05) is 18.2 Å². The fourth-order valence-electron chi connectivity index (χ4n) is 1.92. The van der Waals surface area contributed by atoms with Crippen molar-refractivity contribution in [2.45, 2.75) is 4.90 Å². The van der Waals surface area contributed by atoms with Gasteiger partial charge in [0.15, 0.2) is 0 Å². The fraction of sp³-hybridized carbons (Fsp3) is 0.235. The normalized spacial score (nSPS) is 11.8. The van der Waals surface area contributed by atoms with Crippen LogP contribution in [0.5, 0.6) is 11.5 Å². The van der Waals surface area contributed by atoms with Crippen molar-refractivity contribution in [3.05, 3.63) is 54.1 Å². The van der Waals surface area contributed by atoms with Gasteiger partial charge in [0.05, 0.1) is 29.8 Å². The zero-order valence-corrected chi connectivity index (χ0v) is 13.7. The minimum absolute atomic E-state index is 0.216. The van der Waals surface area contributed by atoms with Crippen LogP contribution in [0.1, 0.15) is 10.4 Å². The molecule has 1 unspecified atom stereocenters. The molecule has 2 N–H and O–H groups in total. The van der Waals surface area contributed by atoms with E-state index in [4.69, 9.17) is 14.6 Å². The van der Waals surface area contributed by atoms with E-state index >= 15 is 0 Å². The highest BCUT2D eigenvalue weighted by atomic mass is 32.2. The van der Waals surface area contributed by atoms with Crippen molar-refractivity contribution in [1.82, 2.24) is 0 Å². The van der Waals surface area contributed by atoms with Crippen molar-refractivity contribution in [2.24, 2.45) is 0 Å². The van der Waals surface area contributed by atoms with Gasteiger partial charge in [0.1, 0.15) is 23.7 Å². The number of carboxylic acid groups (broad SMARTS) is 1. The zero-order chi connectivity index (χ0) is 17.4. The maximum atomic E-state index is 12.0. The van der Waals surface area contributed by atoms with Gasteiger partial charge in [-0.25, -0.2) is 4.79 Å². The van der Waals surface area contributed by atoms with Crippen molar-refractivity contribution in [3.63, 3.8) is 0 Å². The van der Waals surface area contributed by atoms with Gasteiger partial charge < -0.3 is 19.7 Å². The standard InChI is InChI=1S/C17H18O6S/c18-16-7-6-13(12-15(16)17(19)20)23-9-8-22-10-11-24(21)14-4-2-1-3-5-14/h1-7,12,18H,8-11H2,(H,19,20). The van der Waals surface area contributed by atoms with E-state index in [9.17, 15) is 14.1 Å². The predicted octanol–water partition coefficient (Wildman–Crippen LogP) is 2.29. The molecule has 24 heavy (non-hydrogen) atoms. The molecule has 0 bridgehead atoms. The average molecular weight is 350 g/mol. The van der Waals surface area contributed by atoms with E-state index in [0.717, 1.165) is 4.90 Å². The Morgan fingerprint density at radius 2 is 1.79 bits per heavy atom. The SMILES string of the molecule is O=C(O)c1cc(OCCOCCS(=O)c2ccccc2)ccc1O. The summed E-state index contributed by atoms with van der Waals surface area (Å²) in [5.41, 5.74) is -0.216. The second-order valence-electron chi connectivity index (χ2n) is 4.81. The van der Waals surface area contributed by atoms with Crippen LogP contribution in [0.3, 0.4) is 0 Å². The molecule has 0 aliphatic rings. The third kappa shape index (κ3) is 5.36. The number of rotatable bonds is 9. The molecule has 0 amide bonds. The Labute approximate surface area is 142 Å². The number of carboxylic acids is 1. The molecule has 2 aromatic carbocycles. The smallest absolute Gasteiger partial charge is 0.339 e. The summed E-state index contributed by atoms with van der Waals surface area (Å²) in [6.45, 7) is 0.845. The third-order valence-corrected chi connectivity index (χ3v) is 4.45. The number of hydrogen-bond donors (Lipinski definition) is 2. The molecule has 2 rings (SSSR count). The lowest BCUT2D eigenvalue weighted by molar-refractivity contribution is 0.0693. The molecule has 6 nitrogen and oxygen atoms in total. The molecule has 0 heterocycles. The monoisotopic (exact) mass is 350 g/mol. The van der Waals surface area contributed by atoms with Gasteiger partial charge in [0.25, 0.3) is 0 Å². The third-order valence-electron chi connectivity index (χ3n) is 3.11. The maximum Gasteiger partial charge on any atom is 0.339 e. The van der Waals surface area contributed by atoms with Crippen LogP contribution in [-0.4, -0.2) is 46.0 Å². The van der Waals surface area contributed by atoms with E-state index in [-0.39, 0.29) is 24.5 Å². The molecule has 0 spiro atoms. The highest BCUT2D eigenvalue weighted by molar-refractivity contribution is 7.85. The molecular weight excluding hydrogens is 332 g/mol. The van der Waals surface area contributed by atoms with E-state index in [1.54, 1.807) is 0 Å². The topological polar surface area (TPSA) is 93.1 Å². The van der Waals surface area contributed by atoms with Gasteiger partial charge in [0.2, 0.25) is 0 Å². The van der Waals surface area contributed by atoms with E-state index in [1.165, 1.54) is 18.2 Å². The lowest BCUT2D eigenvalue weighted by atomic mass is 10.2. The Balaban J connectivity index is 1.68. The number of phenols is 1. The molecule has 128 valence electrons. The summed E-state index contributed by atoms with van der Waals surface area (Å²) in [7, 11) is -1.09. The Morgan fingerprint density at radius 3 is 2.50 bits per heavy atom. The molecule has 0 radical (unpaired) electrons. The zero-order valence-electron chi connectivity index (χ0n) is 12.9. The van der Waals surface area contributed by atoms with E-state index in [1.807, 2.05) is 30.3 Å². The molecule has 0 saturated heterocycles. The van der Waals surface area contributed by atoms with E-state index in [2.05, 4.69) is 0 Å². The first kappa shape index (κ1) is 18.0. The van der Waals surface area contributed by atoms with E-state index < -0.39 is 16.8 Å². The van der Waals surface area contributed by atoms with Crippen LogP contribution in [0, 0.1) is 0 Å². The van der Waals surface area contributed by atoms with Crippen LogP contribution in [-0.2, 0) is 15.5 Å². The molecule has 0 saturated carbocycles. The second-order valence-corrected chi connectivity index (χ2v) is 6.38. The molecule has 2 aromatic rings. The first-order valence-corrected chi connectivity index (χ1v) is 8.60. The van der Waals surface area contributed by atoms with Gasteiger partial charge in [0, 0.05) is 4.90 Å². The molecule has 0 aliphatic heterocycles. The Hall–Kier alpha value is -2.38. The largest absolute Gasteiger partial charge is 0.507 e. The molecule has 1 atom stereocenters. The maximum absolute atomic E-state index is 12.0.